The minimum Gasteiger partial charge on any atom is -0.497 e. The second-order valence-electron chi connectivity index (χ2n) is 8.90. The number of nitrogens with zero attached hydrogens (tertiary/aromatic N) is 3. The molecule has 0 saturated carbocycles. The van der Waals surface area contributed by atoms with Gasteiger partial charge in [0.1, 0.15) is 12.3 Å². The van der Waals surface area contributed by atoms with Crippen molar-refractivity contribution in [3.05, 3.63) is 70.4 Å². The van der Waals surface area contributed by atoms with E-state index in [4.69, 9.17) is 16.3 Å². The Morgan fingerprint density at radius 2 is 2.00 bits per heavy atom. The molecule has 1 atom stereocenters. The lowest BCUT2D eigenvalue weighted by molar-refractivity contribution is -0.122. The van der Waals surface area contributed by atoms with Crippen LogP contribution in [0.25, 0.3) is 11.3 Å². The number of nitrogens with one attached hydrogen (secondary N) is 3. The van der Waals surface area contributed by atoms with Crippen LogP contribution in [0.5, 0.6) is 5.75 Å². The normalized spacial score (nSPS) is 13.1. The number of hydrogen-bond acceptors (Lipinski definition) is 7. The van der Waals surface area contributed by atoms with Gasteiger partial charge in [0, 0.05) is 37.7 Å². The van der Waals surface area contributed by atoms with E-state index in [0.29, 0.717) is 53.2 Å². The number of rotatable bonds is 10. The molecule has 4 rings (SSSR count). The zero-order chi connectivity index (χ0) is 27.2. The Balaban J connectivity index is 1.41. The molecule has 38 heavy (non-hydrogen) atoms. The van der Waals surface area contributed by atoms with Crippen molar-refractivity contribution in [1.29, 1.82) is 0 Å². The summed E-state index contributed by atoms with van der Waals surface area (Å²) in [5.41, 5.74) is 3.37. The molecular weight excluding hydrogens is 508 g/mol. The Bertz CT molecular complexity index is 1370. The van der Waals surface area contributed by atoms with Crippen molar-refractivity contribution in [3.8, 4) is 17.0 Å². The molecule has 0 unspecified atom stereocenters. The van der Waals surface area contributed by atoms with Gasteiger partial charge in [-0.25, -0.2) is 9.97 Å². The van der Waals surface area contributed by atoms with Crippen LogP contribution in [0.1, 0.15) is 41.4 Å². The molecule has 2 aromatic carbocycles. The van der Waals surface area contributed by atoms with Crippen LogP contribution in [0, 0.1) is 0 Å². The van der Waals surface area contributed by atoms with Crippen LogP contribution in [0.2, 0.25) is 5.02 Å². The van der Waals surface area contributed by atoms with E-state index in [1.54, 1.807) is 13.2 Å². The van der Waals surface area contributed by atoms with Crippen molar-refractivity contribution in [2.24, 2.45) is 0 Å². The molecule has 0 aliphatic carbocycles. The molecule has 11 heteroatoms. The first-order valence-corrected chi connectivity index (χ1v) is 12.5. The summed E-state index contributed by atoms with van der Waals surface area (Å²) in [6.45, 7) is 4.47. The average molecular weight is 537 g/mol. The number of carbonyl (C=O) groups excluding carboxylic acids is 3. The third-order valence-electron chi connectivity index (χ3n) is 6.09. The summed E-state index contributed by atoms with van der Waals surface area (Å²) >= 11 is 6.37. The molecule has 3 aromatic rings. The molecule has 1 aliphatic rings. The summed E-state index contributed by atoms with van der Waals surface area (Å²) in [5.74, 6) is 0.455. The van der Waals surface area contributed by atoms with Crippen LogP contribution in [0.4, 0.5) is 5.95 Å². The van der Waals surface area contributed by atoms with E-state index in [0.717, 1.165) is 11.1 Å². The van der Waals surface area contributed by atoms with Crippen LogP contribution >= 0.6 is 11.6 Å². The zero-order valence-corrected chi connectivity index (χ0v) is 22.1. The summed E-state index contributed by atoms with van der Waals surface area (Å²) in [4.78, 5) is 47.1. The Morgan fingerprint density at radius 3 is 2.76 bits per heavy atom. The Labute approximate surface area is 225 Å². The first-order valence-electron chi connectivity index (χ1n) is 12.1. The van der Waals surface area contributed by atoms with Gasteiger partial charge in [0.15, 0.2) is 0 Å². The van der Waals surface area contributed by atoms with Crippen LogP contribution in [-0.2, 0) is 16.1 Å². The van der Waals surface area contributed by atoms with Crippen molar-refractivity contribution < 1.29 is 19.1 Å². The number of aromatic nitrogens is 2. The molecule has 0 fully saturated rings. The molecule has 0 saturated heterocycles. The van der Waals surface area contributed by atoms with Gasteiger partial charge in [-0.3, -0.25) is 14.4 Å². The van der Waals surface area contributed by atoms with E-state index in [2.05, 4.69) is 25.9 Å². The van der Waals surface area contributed by atoms with Crippen molar-refractivity contribution in [2.75, 3.05) is 32.1 Å². The van der Waals surface area contributed by atoms with Gasteiger partial charge < -0.3 is 25.6 Å². The fourth-order valence-corrected chi connectivity index (χ4v) is 4.36. The van der Waals surface area contributed by atoms with E-state index in [1.165, 1.54) is 18.0 Å². The smallest absolute Gasteiger partial charge is 0.254 e. The summed E-state index contributed by atoms with van der Waals surface area (Å²) in [6.07, 6.45) is 1.49. The highest BCUT2D eigenvalue weighted by Crippen LogP contribution is 2.31. The van der Waals surface area contributed by atoms with E-state index in [1.807, 2.05) is 43.3 Å². The molecule has 198 valence electrons. The molecule has 0 spiro atoms. The number of carbonyl (C=O) groups is 3. The summed E-state index contributed by atoms with van der Waals surface area (Å²) in [6, 6.07) is 12.7. The maximum Gasteiger partial charge on any atom is 0.254 e. The van der Waals surface area contributed by atoms with Crippen molar-refractivity contribution in [2.45, 2.75) is 26.4 Å². The van der Waals surface area contributed by atoms with E-state index >= 15 is 0 Å². The van der Waals surface area contributed by atoms with Gasteiger partial charge in [-0.15, -0.1) is 0 Å². The number of fused-ring (bicyclic) bond motifs is 1. The van der Waals surface area contributed by atoms with Gasteiger partial charge >= 0.3 is 0 Å². The highest BCUT2D eigenvalue weighted by atomic mass is 35.5. The lowest BCUT2D eigenvalue weighted by atomic mass is 10.0. The monoisotopic (exact) mass is 536 g/mol. The maximum atomic E-state index is 13.2. The number of ether oxygens (including phenoxy) is 1. The summed E-state index contributed by atoms with van der Waals surface area (Å²) in [7, 11) is 1.59. The minimum atomic E-state index is -0.254. The van der Waals surface area contributed by atoms with E-state index < -0.39 is 0 Å². The molecule has 10 nitrogen and oxygen atoms in total. The number of anilines is 1. The van der Waals surface area contributed by atoms with E-state index in [9.17, 15) is 14.4 Å². The highest BCUT2D eigenvalue weighted by molar-refractivity contribution is 6.33. The predicted octanol–water partition coefficient (Wildman–Crippen LogP) is 3.19. The number of methoxy groups -OCH3 is 1. The fraction of sp³-hybridized carbons (Fsp3) is 0.296. The van der Waals surface area contributed by atoms with E-state index in [-0.39, 0.29) is 30.3 Å². The Morgan fingerprint density at radius 1 is 1.18 bits per heavy atom. The quantitative estimate of drug-likeness (QED) is 0.340. The van der Waals surface area contributed by atoms with Crippen molar-refractivity contribution >= 4 is 35.3 Å². The first-order chi connectivity index (χ1) is 18.2. The second kappa shape index (κ2) is 11.9. The molecule has 2 heterocycles. The third kappa shape index (κ3) is 6.38. The molecule has 0 radical (unpaired) electrons. The Kier molecular flexibility index (Phi) is 8.42. The Hall–Kier alpha value is -4.18. The highest BCUT2D eigenvalue weighted by Gasteiger charge is 2.30. The molecule has 0 bridgehead atoms. The summed E-state index contributed by atoms with van der Waals surface area (Å²) < 4.78 is 5.25. The number of amides is 3. The van der Waals surface area contributed by atoms with Crippen LogP contribution in [0.15, 0.2) is 48.7 Å². The SMILES string of the molecule is COc1cccc([C@@H](C)NC(=O)CN2Cc3ccc(-c4nc(NCCNC(C)=O)ncc4Cl)cc3C2=O)c1. The molecule has 1 aromatic heterocycles. The first kappa shape index (κ1) is 26.9. The molecular formula is C27H29ClN6O4. The summed E-state index contributed by atoms with van der Waals surface area (Å²) in [5, 5.41) is 9.01. The zero-order valence-electron chi connectivity index (χ0n) is 21.4. The standard InChI is InChI=1S/C27H29ClN6O4/c1-16(18-5-4-6-21(11-18)38-3)32-24(36)15-34-14-20-8-7-19(12-22(20)26(34)37)25-23(28)13-31-27(33-25)30-10-9-29-17(2)35/h4-8,11-13,16H,9-10,14-15H2,1-3H3,(H,29,35)(H,32,36)(H,30,31,33)/t16-/m1/s1. The van der Waals surface area contributed by atoms with Crippen molar-refractivity contribution in [3.63, 3.8) is 0 Å². The maximum absolute atomic E-state index is 13.2. The molecule has 3 N–H and O–H groups in total. The number of halogens is 1. The van der Waals surface area contributed by atoms with Gasteiger partial charge in [-0.05, 0) is 36.2 Å². The predicted molar refractivity (Wildman–Crippen MR) is 144 cm³/mol. The molecule has 3 amide bonds. The minimum absolute atomic E-state index is 0.0617. The van der Waals surface area contributed by atoms with Gasteiger partial charge in [-0.2, -0.15) is 0 Å². The number of hydrogen-bond donors (Lipinski definition) is 3. The van der Waals surface area contributed by atoms with Crippen LogP contribution < -0.4 is 20.7 Å². The number of benzene rings is 2. The van der Waals surface area contributed by atoms with Gasteiger partial charge in [-0.1, -0.05) is 35.9 Å². The van der Waals surface area contributed by atoms with Crippen LogP contribution in [0.3, 0.4) is 0 Å². The van der Waals surface area contributed by atoms with Gasteiger partial charge in [0.2, 0.25) is 17.8 Å². The largest absolute Gasteiger partial charge is 0.497 e. The average Bonchev–Trinajstić information content (AvgIpc) is 3.21. The van der Waals surface area contributed by atoms with Crippen LogP contribution in [-0.4, -0.2) is 59.3 Å². The third-order valence-corrected chi connectivity index (χ3v) is 6.37. The lowest BCUT2D eigenvalue weighted by Gasteiger charge is -2.19. The van der Waals surface area contributed by atoms with Gasteiger partial charge in [0.25, 0.3) is 5.91 Å². The molecule has 1 aliphatic heterocycles. The van der Waals surface area contributed by atoms with Gasteiger partial charge in [0.05, 0.1) is 30.1 Å². The lowest BCUT2D eigenvalue weighted by Crippen LogP contribution is -2.38. The second-order valence-corrected chi connectivity index (χ2v) is 9.31. The fourth-order valence-electron chi connectivity index (χ4n) is 4.16. The van der Waals surface area contributed by atoms with Crippen molar-refractivity contribution in [1.82, 2.24) is 25.5 Å². The topological polar surface area (TPSA) is 126 Å².